The predicted molar refractivity (Wildman–Crippen MR) is 98.3 cm³/mol. The summed E-state index contributed by atoms with van der Waals surface area (Å²) >= 11 is 0. The van der Waals surface area contributed by atoms with Gasteiger partial charge in [0, 0.05) is 24.2 Å². The maximum atomic E-state index is 12.2. The molecule has 2 aromatic carbocycles. The van der Waals surface area contributed by atoms with Gasteiger partial charge in [-0.15, -0.1) is 0 Å². The molecular weight excluding hydrogens is 332 g/mol. The lowest BCUT2D eigenvalue weighted by Gasteiger charge is -2.17. The summed E-state index contributed by atoms with van der Waals surface area (Å²) in [6.07, 6.45) is 1.82. The van der Waals surface area contributed by atoms with Gasteiger partial charge in [0.2, 0.25) is 0 Å². The molecule has 0 saturated carbocycles. The Morgan fingerprint density at radius 2 is 1.69 bits per heavy atom. The minimum atomic E-state index is -0.198. The average Bonchev–Trinajstić information content (AvgIpc) is 2.70. The number of hydrogen-bond acceptors (Lipinski definition) is 4. The van der Waals surface area contributed by atoms with Crippen molar-refractivity contribution >= 4 is 17.9 Å². The first kappa shape index (κ1) is 17.5. The minimum absolute atomic E-state index is 0.196. The molecular formula is C20H20N2O4. The molecule has 2 amide bonds. The predicted octanol–water partition coefficient (Wildman–Crippen LogP) is 2.02. The van der Waals surface area contributed by atoms with E-state index >= 15 is 0 Å². The molecule has 26 heavy (non-hydrogen) atoms. The van der Waals surface area contributed by atoms with Crippen LogP contribution in [0.2, 0.25) is 0 Å². The molecule has 6 heteroatoms. The van der Waals surface area contributed by atoms with E-state index in [0.717, 1.165) is 11.3 Å². The zero-order valence-electron chi connectivity index (χ0n) is 14.5. The first-order valence-electron chi connectivity index (χ1n) is 8.30. The number of carbonyl (C=O) groups excluding carboxylic acids is 2. The van der Waals surface area contributed by atoms with Crippen molar-refractivity contribution in [2.24, 2.45) is 0 Å². The van der Waals surface area contributed by atoms with Gasteiger partial charge < -0.3 is 20.1 Å². The number of amides is 2. The summed E-state index contributed by atoms with van der Waals surface area (Å²) in [6.45, 7) is 0.905. The number of fused-ring (bicyclic) bond motifs is 1. The Balaban J connectivity index is 1.45. The third-order valence-electron chi connectivity index (χ3n) is 3.97. The second-order valence-electron chi connectivity index (χ2n) is 5.74. The summed E-state index contributed by atoms with van der Waals surface area (Å²) in [5.74, 6) is 1.07. The first-order chi connectivity index (χ1) is 12.7. The first-order valence-corrected chi connectivity index (χ1v) is 8.30. The summed E-state index contributed by atoms with van der Waals surface area (Å²) in [5.41, 5.74) is 1.99. The summed E-state index contributed by atoms with van der Waals surface area (Å²) in [7, 11) is 1.57. The normalized spacial score (nSPS) is 12.3. The van der Waals surface area contributed by atoms with Gasteiger partial charge in [-0.25, -0.2) is 0 Å². The fraction of sp³-hybridized carbons (Fsp3) is 0.200. The van der Waals surface area contributed by atoms with Crippen LogP contribution in [0.25, 0.3) is 6.08 Å². The molecule has 1 heterocycles. The maximum Gasteiger partial charge on any atom is 0.251 e. The van der Waals surface area contributed by atoms with Crippen LogP contribution in [0.5, 0.6) is 11.5 Å². The van der Waals surface area contributed by atoms with Gasteiger partial charge >= 0.3 is 0 Å². The van der Waals surface area contributed by atoms with E-state index in [2.05, 4.69) is 10.6 Å². The Morgan fingerprint density at radius 1 is 1.00 bits per heavy atom. The Kier molecular flexibility index (Phi) is 5.53. The van der Waals surface area contributed by atoms with Crippen LogP contribution in [0, 0.1) is 0 Å². The highest BCUT2D eigenvalue weighted by Crippen LogP contribution is 2.25. The van der Waals surface area contributed by atoms with Gasteiger partial charge in [-0.1, -0.05) is 18.2 Å². The highest BCUT2D eigenvalue weighted by Gasteiger charge is 2.16. The highest BCUT2D eigenvalue weighted by atomic mass is 16.5. The number of benzene rings is 2. The Hall–Kier alpha value is -3.28. The van der Waals surface area contributed by atoms with Crippen molar-refractivity contribution in [1.29, 1.82) is 0 Å². The van der Waals surface area contributed by atoms with Gasteiger partial charge in [0.25, 0.3) is 11.8 Å². The molecule has 0 spiro atoms. The van der Waals surface area contributed by atoms with E-state index < -0.39 is 0 Å². The van der Waals surface area contributed by atoms with Gasteiger partial charge in [-0.3, -0.25) is 9.59 Å². The second-order valence-corrected chi connectivity index (χ2v) is 5.74. The van der Waals surface area contributed by atoms with Crippen LogP contribution in [-0.2, 0) is 4.79 Å². The third kappa shape index (κ3) is 4.22. The Labute approximate surface area is 151 Å². The largest absolute Gasteiger partial charge is 0.497 e. The number of para-hydroxylation sites is 1. The number of rotatable bonds is 6. The lowest BCUT2D eigenvalue weighted by Crippen LogP contribution is -2.36. The molecule has 1 aliphatic rings. The van der Waals surface area contributed by atoms with Crippen molar-refractivity contribution in [3.63, 3.8) is 0 Å². The molecule has 3 rings (SSSR count). The Morgan fingerprint density at radius 3 is 2.42 bits per heavy atom. The van der Waals surface area contributed by atoms with Crippen LogP contribution in [0.4, 0.5) is 0 Å². The lowest BCUT2D eigenvalue weighted by molar-refractivity contribution is -0.117. The van der Waals surface area contributed by atoms with Crippen LogP contribution in [0.15, 0.2) is 54.1 Å². The third-order valence-corrected chi connectivity index (χ3v) is 3.97. The van der Waals surface area contributed by atoms with Crippen molar-refractivity contribution < 1.29 is 19.1 Å². The zero-order valence-corrected chi connectivity index (χ0v) is 14.5. The van der Waals surface area contributed by atoms with Gasteiger partial charge in [-0.05, 0) is 36.4 Å². The number of ether oxygens (including phenoxy) is 2. The fourth-order valence-corrected chi connectivity index (χ4v) is 2.56. The van der Waals surface area contributed by atoms with E-state index in [4.69, 9.17) is 9.47 Å². The SMILES string of the molecule is COc1ccc(C(=O)NCCNC(=O)C2=Cc3ccccc3OC2)cc1. The van der Waals surface area contributed by atoms with E-state index in [0.29, 0.717) is 30.0 Å². The molecule has 0 fully saturated rings. The van der Waals surface area contributed by atoms with Crippen molar-refractivity contribution in [1.82, 2.24) is 10.6 Å². The van der Waals surface area contributed by atoms with Crippen LogP contribution < -0.4 is 20.1 Å². The molecule has 0 aromatic heterocycles. The molecule has 0 bridgehead atoms. The molecule has 1 aliphatic heterocycles. The summed E-state index contributed by atoms with van der Waals surface area (Å²) in [4.78, 5) is 24.2. The summed E-state index contributed by atoms with van der Waals surface area (Å²) in [6, 6.07) is 14.4. The van der Waals surface area contributed by atoms with E-state index in [1.54, 1.807) is 31.4 Å². The quantitative estimate of drug-likeness (QED) is 0.780. The van der Waals surface area contributed by atoms with E-state index in [-0.39, 0.29) is 18.4 Å². The highest BCUT2D eigenvalue weighted by molar-refractivity contribution is 5.99. The van der Waals surface area contributed by atoms with Gasteiger partial charge in [0.15, 0.2) is 0 Å². The van der Waals surface area contributed by atoms with Crippen LogP contribution in [-0.4, -0.2) is 38.6 Å². The van der Waals surface area contributed by atoms with E-state index in [1.807, 2.05) is 30.3 Å². The number of methoxy groups -OCH3 is 1. The van der Waals surface area contributed by atoms with Crippen molar-refractivity contribution in [3.05, 3.63) is 65.2 Å². The minimum Gasteiger partial charge on any atom is -0.497 e. The van der Waals surface area contributed by atoms with E-state index in [1.165, 1.54) is 0 Å². The Bertz CT molecular complexity index is 828. The van der Waals surface area contributed by atoms with Crippen molar-refractivity contribution in [2.45, 2.75) is 0 Å². The summed E-state index contributed by atoms with van der Waals surface area (Å²) in [5, 5.41) is 5.55. The van der Waals surface area contributed by atoms with Crippen LogP contribution >= 0.6 is 0 Å². The molecule has 2 N–H and O–H groups in total. The molecule has 0 unspecified atom stereocenters. The zero-order chi connectivity index (χ0) is 18.4. The van der Waals surface area contributed by atoms with Gasteiger partial charge in [0.05, 0.1) is 12.7 Å². The van der Waals surface area contributed by atoms with Crippen LogP contribution in [0.3, 0.4) is 0 Å². The number of hydrogen-bond donors (Lipinski definition) is 2. The molecule has 0 radical (unpaired) electrons. The second kappa shape index (κ2) is 8.20. The lowest BCUT2D eigenvalue weighted by atomic mass is 10.1. The fourth-order valence-electron chi connectivity index (χ4n) is 2.56. The molecule has 0 atom stereocenters. The molecule has 0 saturated heterocycles. The standard InChI is InChI=1S/C20H20N2O4/c1-25-17-8-6-14(7-9-17)19(23)21-10-11-22-20(24)16-12-15-4-2-3-5-18(15)26-13-16/h2-9,12H,10-11,13H2,1H3,(H,21,23)(H,22,24). The number of carbonyl (C=O) groups is 2. The summed E-state index contributed by atoms with van der Waals surface area (Å²) < 4.78 is 10.6. The van der Waals surface area contributed by atoms with Crippen LogP contribution in [0.1, 0.15) is 15.9 Å². The monoisotopic (exact) mass is 352 g/mol. The molecule has 134 valence electrons. The van der Waals surface area contributed by atoms with Gasteiger partial charge in [0.1, 0.15) is 18.1 Å². The van der Waals surface area contributed by atoms with Crippen molar-refractivity contribution in [3.8, 4) is 11.5 Å². The number of nitrogens with one attached hydrogen (secondary N) is 2. The van der Waals surface area contributed by atoms with Crippen molar-refractivity contribution in [2.75, 3.05) is 26.8 Å². The average molecular weight is 352 g/mol. The van der Waals surface area contributed by atoms with Gasteiger partial charge in [-0.2, -0.15) is 0 Å². The topological polar surface area (TPSA) is 76.7 Å². The molecule has 6 nitrogen and oxygen atoms in total. The maximum absolute atomic E-state index is 12.2. The smallest absolute Gasteiger partial charge is 0.251 e. The van der Waals surface area contributed by atoms with E-state index in [9.17, 15) is 9.59 Å². The molecule has 0 aliphatic carbocycles. The molecule has 2 aromatic rings.